The summed E-state index contributed by atoms with van der Waals surface area (Å²) in [5.74, 6) is 0. The number of aromatic nitrogens is 2. The molecule has 78 valence electrons. The van der Waals surface area contributed by atoms with Gasteiger partial charge in [0.05, 0.1) is 11.7 Å². The number of rotatable bonds is 1. The highest BCUT2D eigenvalue weighted by atomic mass is 79.9. The maximum Gasteiger partial charge on any atom is 0.168 e. The van der Waals surface area contributed by atoms with Crippen LogP contribution in [0.3, 0.4) is 0 Å². The average Bonchev–Trinajstić information content (AvgIpc) is 2.66. The Morgan fingerprint density at radius 2 is 2.00 bits per heavy atom. The molecule has 0 aliphatic rings. The van der Waals surface area contributed by atoms with Crippen molar-refractivity contribution in [3.63, 3.8) is 0 Å². The third-order valence-corrected chi connectivity index (χ3v) is 3.08. The Morgan fingerprint density at radius 1 is 1.19 bits per heavy atom. The lowest BCUT2D eigenvalue weighted by molar-refractivity contribution is 0.111. The van der Waals surface area contributed by atoms with Crippen LogP contribution >= 0.6 is 15.9 Å². The summed E-state index contributed by atoms with van der Waals surface area (Å²) < 4.78 is 1.02. The van der Waals surface area contributed by atoms with Crippen LogP contribution in [0.15, 0.2) is 34.9 Å². The minimum atomic E-state index is 0.452. The number of carbonyl (C=O) groups excluding carboxylic acids is 1. The van der Waals surface area contributed by atoms with Crippen LogP contribution in [0.5, 0.6) is 0 Å². The SMILES string of the molecule is O=Cc1cc2c(cn1)[nH]c1ccc(Br)cc12. The number of aldehydes is 1. The molecule has 0 bridgehead atoms. The van der Waals surface area contributed by atoms with Gasteiger partial charge >= 0.3 is 0 Å². The number of aromatic amines is 1. The number of nitrogens with zero attached hydrogens (tertiary/aromatic N) is 1. The van der Waals surface area contributed by atoms with Crippen LogP contribution in [0.2, 0.25) is 0 Å². The predicted molar refractivity (Wildman–Crippen MR) is 66.7 cm³/mol. The molecular formula is C12H7BrN2O. The van der Waals surface area contributed by atoms with Crippen molar-refractivity contribution in [3.05, 3.63) is 40.6 Å². The quantitative estimate of drug-likeness (QED) is 0.692. The van der Waals surface area contributed by atoms with E-state index in [1.165, 1.54) is 0 Å². The van der Waals surface area contributed by atoms with Crippen LogP contribution in [0, 0.1) is 0 Å². The highest BCUT2D eigenvalue weighted by Crippen LogP contribution is 2.27. The Balaban J connectivity index is 2.49. The van der Waals surface area contributed by atoms with Gasteiger partial charge < -0.3 is 4.98 Å². The molecule has 0 saturated carbocycles. The summed E-state index contributed by atoms with van der Waals surface area (Å²) in [5, 5.41) is 2.11. The van der Waals surface area contributed by atoms with Gasteiger partial charge in [-0.25, -0.2) is 0 Å². The number of H-pyrrole nitrogens is 1. The Kier molecular flexibility index (Phi) is 2.04. The van der Waals surface area contributed by atoms with Gasteiger partial charge in [-0.1, -0.05) is 15.9 Å². The average molecular weight is 275 g/mol. The summed E-state index contributed by atoms with van der Waals surface area (Å²) in [7, 11) is 0. The van der Waals surface area contributed by atoms with Gasteiger partial charge in [0.1, 0.15) is 5.69 Å². The number of benzene rings is 1. The van der Waals surface area contributed by atoms with Gasteiger partial charge in [0, 0.05) is 20.8 Å². The zero-order valence-electron chi connectivity index (χ0n) is 8.20. The van der Waals surface area contributed by atoms with Crippen molar-refractivity contribution in [2.75, 3.05) is 0 Å². The summed E-state index contributed by atoms with van der Waals surface area (Å²) >= 11 is 3.44. The number of pyridine rings is 1. The molecular weight excluding hydrogens is 268 g/mol. The summed E-state index contributed by atoms with van der Waals surface area (Å²) in [6.45, 7) is 0. The second kappa shape index (κ2) is 3.42. The molecule has 0 fully saturated rings. The first-order chi connectivity index (χ1) is 7.78. The van der Waals surface area contributed by atoms with Crippen molar-refractivity contribution in [1.82, 2.24) is 9.97 Å². The number of nitrogens with one attached hydrogen (secondary N) is 1. The van der Waals surface area contributed by atoms with Crippen molar-refractivity contribution < 1.29 is 4.79 Å². The van der Waals surface area contributed by atoms with E-state index in [0.29, 0.717) is 5.69 Å². The second-order valence-corrected chi connectivity index (χ2v) is 4.50. The van der Waals surface area contributed by atoms with Gasteiger partial charge in [0.15, 0.2) is 6.29 Å². The summed E-state index contributed by atoms with van der Waals surface area (Å²) in [6.07, 6.45) is 2.45. The van der Waals surface area contributed by atoms with Crippen molar-refractivity contribution in [2.45, 2.75) is 0 Å². The first-order valence-electron chi connectivity index (χ1n) is 4.80. The Morgan fingerprint density at radius 3 is 2.81 bits per heavy atom. The van der Waals surface area contributed by atoms with E-state index in [-0.39, 0.29) is 0 Å². The van der Waals surface area contributed by atoms with Crippen LogP contribution < -0.4 is 0 Å². The topological polar surface area (TPSA) is 45.8 Å². The molecule has 4 heteroatoms. The fraction of sp³-hybridized carbons (Fsp3) is 0. The summed E-state index contributed by atoms with van der Waals surface area (Å²) in [6, 6.07) is 7.81. The van der Waals surface area contributed by atoms with Crippen molar-refractivity contribution in [2.24, 2.45) is 0 Å². The van der Waals surface area contributed by atoms with Crippen LogP contribution in [-0.2, 0) is 0 Å². The van der Waals surface area contributed by atoms with Crippen LogP contribution in [0.4, 0.5) is 0 Å². The second-order valence-electron chi connectivity index (χ2n) is 3.59. The predicted octanol–water partition coefficient (Wildman–Crippen LogP) is 3.29. The Labute approximate surface area is 99.6 Å². The van der Waals surface area contributed by atoms with Gasteiger partial charge in [-0.2, -0.15) is 0 Å². The van der Waals surface area contributed by atoms with E-state index in [1.807, 2.05) is 18.2 Å². The number of fused-ring (bicyclic) bond motifs is 3. The first kappa shape index (κ1) is 9.54. The third-order valence-electron chi connectivity index (χ3n) is 2.59. The molecule has 2 aromatic heterocycles. The highest BCUT2D eigenvalue weighted by molar-refractivity contribution is 9.10. The van der Waals surface area contributed by atoms with E-state index in [0.717, 1.165) is 32.6 Å². The smallest absolute Gasteiger partial charge is 0.168 e. The molecule has 1 aromatic carbocycles. The van der Waals surface area contributed by atoms with Gasteiger partial charge in [0.2, 0.25) is 0 Å². The maximum atomic E-state index is 10.7. The molecule has 1 N–H and O–H groups in total. The van der Waals surface area contributed by atoms with E-state index in [4.69, 9.17) is 0 Å². The molecule has 2 heterocycles. The molecule has 0 spiro atoms. The Hall–Kier alpha value is -1.68. The number of hydrogen-bond donors (Lipinski definition) is 1. The maximum absolute atomic E-state index is 10.7. The van der Waals surface area contributed by atoms with Gasteiger partial charge in [-0.3, -0.25) is 9.78 Å². The largest absolute Gasteiger partial charge is 0.353 e. The van der Waals surface area contributed by atoms with Gasteiger partial charge in [-0.05, 0) is 24.3 Å². The number of halogens is 1. The molecule has 0 unspecified atom stereocenters. The molecule has 3 aromatic rings. The summed E-state index contributed by atoms with van der Waals surface area (Å²) in [4.78, 5) is 18.0. The van der Waals surface area contributed by atoms with E-state index in [2.05, 4.69) is 25.9 Å². The molecule has 0 saturated heterocycles. The minimum Gasteiger partial charge on any atom is -0.353 e. The Bertz CT molecular complexity index is 703. The zero-order chi connectivity index (χ0) is 11.1. The number of hydrogen-bond acceptors (Lipinski definition) is 2. The molecule has 0 aliphatic carbocycles. The lowest BCUT2D eigenvalue weighted by Crippen LogP contribution is -1.84. The molecule has 16 heavy (non-hydrogen) atoms. The summed E-state index contributed by atoms with van der Waals surface area (Å²) in [5.41, 5.74) is 2.44. The monoisotopic (exact) mass is 274 g/mol. The van der Waals surface area contributed by atoms with Crippen LogP contribution in [-0.4, -0.2) is 16.3 Å². The molecule has 0 radical (unpaired) electrons. The van der Waals surface area contributed by atoms with E-state index in [9.17, 15) is 4.79 Å². The van der Waals surface area contributed by atoms with Gasteiger partial charge in [0.25, 0.3) is 0 Å². The van der Waals surface area contributed by atoms with E-state index in [1.54, 1.807) is 12.3 Å². The van der Waals surface area contributed by atoms with E-state index < -0.39 is 0 Å². The molecule has 3 rings (SSSR count). The third kappa shape index (κ3) is 1.34. The van der Waals surface area contributed by atoms with Crippen molar-refractivity contribution in [3.8, 4) is 0 Å². The first-order valence-corrected chi connectivity index (χ1v) is 5.59. The standard InChI is InChI=1S/C12H7BrN2O/c13-7-1-2-11-9(3-7)10-4-8(6-16)14-5-12(10)15-11/h1-6,15H. The molecule has 0 aliphatic heterocycles. The van der Waals surface area contributed by atoms with Gasteiger partial charge in [-0.15, -0.1) is 0 Å². The van der Waals surface area contributed by atoms with Crippen molar-refractivity contribution >= 4 is 44.0 Å². The highest BCUT2D eigenvalue weighted by Gasteiger charge is 2.05. The van der Waals surface area contributed by atoms with Crippen LogP contribution in [0.1, 0.15) is 10.5 Å². The minimum absolute atomic E-state index is 0.452. The zero-order valence-corrected chi connectivity index (χ0v) is 9.78. The fourth-order valence-electron chi connectivity index (χ4n) is 1.85. The normalized spacial score (nSPS) is 11.1. The molecule has 0 amide bonds. The molecule has 0 atom stereocenters. The van der Waals surface area contributed by atoms with Crippen LogP contribution in [0.25, 0.3) is 21.8 Å². The molecule has 3 nitrogen and oxygen atoms in total. The fourth-order valence-corrected chi connectivity index (χ4v) is 2.21. The number of carbonyl (C=O) groups is 1. The van der Waals surface area contributed by atoms with E-state index >= 15 is 0 Å². The lowest BCUT2D eigenvalue weighted by Gasteiger charge is -1.93. The lowest BCUT2D eigenvalue weighted by atomic mass is 10.2. The van der Waals surface area contributed by atoms with Crippen molar-refractivity contribution in [1.29, 1.82) is 0 Å².